The van der Waals surface area contributed by atoms with E-state index in [0.29, 0.717) is 5.69 Å². The molecule has 0 saturated heterocycles. The fourth-order valence-corrected chi connectivity index (χ4v) is 1.61. The zero-order valence-electron chi connectivity index (χ0n) is 9.52. The van der Waals surface area contributed by atoms with E-state index in [4.69, 9.17) is 0 Å². The predicted octanol–water partition coefficient (Wildman–Crippen LogP) is 1.37. The van der Waals surface area contributed by atoms with Gasteiger partial charge in [-0.3, -0.25) is 4.79 Å². The van der Waals surface area contributed by atoms with Gasteiger partial charge in [-0.05, 0) is 31.5 Å². The van der Waals surface area contributed by atoms with E-state index < -0.39 is 21.0 Å². The van der Waals surface area contributed by atoms with Gasteiger partial charge < -0.3 is 5.32 Å². The van der Waals surface area contributed by atoms with Crippen LogP contribution in [0.15, 0.2) is 24.3 Å². The van der Waals surface area contributed by atoms with Gasteiger partial charge in [0.15, 0.2) is 9.84 Å². The van der Waals surface area contributed by atoms with Gasteiger partial charge in [0, 0.05) is 11.9 Å². The smallest absolute Gasteiger partial charge is 0.242 e. The molecule has 0 aliphatic heterocycles. The molecule has 4 nitrogen and oxygen atoms in total. The van der Waals surface area contributed by atoms with Crippen LogP contribution in [0.1, 0.15) is 12.5 Å². The Morgan fingerprint density at radius 1 is 1.38 bits per heavy atom. The standard InChI is InChI=1S/C11H15NO3S/c1-8-5-4-6-10(7-8)12-11(13)9(2)16(3,14)15/h4-7,9H,1-3H3,(H,12,13). The number of carbonyl (C=O) groups excluding carboxylic acids is 1. The maximum absolute atomic E-state index is 11.6. The van der Waals surface area contributed by atoms with E-state index in [1.807, 2.05) is 13.0 Å². The number of benzene rings is 1. The van der Waals surface area contributed by atoms with Crippen molar-refractivity contribution in [3.8, 4) is 0 Å². The minimum absolute atomic E-state index is 0.506. The Kier molecular flexibility index (Phi) is 3.70. The Balaban J connectivity index is 2.80. The van der Waals surface area contributed by atoms with Crippen LogP contribution < -0.4 is 5.32 Å². The van der Waals surface area contributed by atoms with Crippen LogP contribution in [0.4, 0.5) is 5.69 Å². The summed E-state index contributed by atoms with van der Waals surface area (Å²) in [4.78, 5) is 11.6. The normalized spacial score (nSPS) is 13.2. The highest BCUT2D eigenvalue weighted by Gasteiger charge is 2.23. The van der Waals surface area contributed by atoms with Gasteiger partial charge in [-0.1, -0.05) is 12.1 Å². The number of sulfone groups is 1. The van der Waals surface area contributed by atoms with E-state index in [-0.39, 0.29) is 0 Å². The quantitative estimate of drug-likeness (QED) is 0.869. The van der Waals surface area contributed by atoms with E-state index in [2.05, 4.69) is 5.32 Å². The van der Waals surface area contributed by atoms with Crippen molar-refractivity contribution in [3.63, 3.8) is 0 Å². The van der Waals surface area contributed by atoms with Crippen molar-refractivity contribution in [2.24, 2.45) is 0 Å². The minimum atomic E-state index is -3.34. The van der Waals surface area contributed by atoms with Gasteiger partial charge in [0.1, 0.15) is 5.25 Å². The third kappa shape index (κ3) is 3.34. The molecule has 1 unspecified atom stereocenters. The number of hydrogen-bond donors (Lipinski definition) is 1. The van der Waals surface area contributed by atoms with Crippen LogP contribution in [0.2, 0.25) is 0 Å². The van der Waals surface area contributed by atoms with E-state index in [9.17, 15) is 13.2 Å². The molecule has 1 N–H and O–H groups in total. The summed E-state index contributed by atoms with van der Waals surface area (Å²) in [6.45, 7) is 3.27. The van der Waals surface area contributed by atoms with Gasteiger partial charge in [-0.2, -0.15) is 0 Å². The van der Waals surface area contributed by atoms with Crippen LogP contribution in [0, 0.1) is 6.92 Å². The summed E-state index contributed by atoms with van der Waals surface area (Å²) in [5.41, 5.74) is 1.62. The lowest BCUT2D eigenvalue weighted by Gasteiger charge is -2.10. The lowest BCUT2D eigenvalue weighted by molar-refractivity contribution is -0.115. The summed E-state index contributed by atoms with van der Waals surface area (Å²) in [5, 5.41) is 1.54. The molecule has 0 spiro atoms. The average Bonchev–Trinajstić information content (AvgIpc) is 2.15. The first-order chi connectivity index (χ1) is 7.30. The highest BCUT2D eigenvalue weighted by Crippen LogP contribution is 2.11. The second-order valence-corrected chi connectivity index (χ2v) is 6.20. The van der Waals surface area contributed by atoms with Crippen molar-refractivity contribution in [1.82, 2.24) is 0 Å². The van der Waals surface area contributed by atoms with E-state index in [0.717, 1.165) is 11.8 Å². The maximum atomic E-state index is 11.6. The Labute approximate surface area is 95.6 Å². The highest BCUT2D eigenvalue weighted by molar-refractivity contribution is 7.92. The summed E-state index contributed by atoms with van der Waals surface area (Å²) in [5.74, 6) is -0.506. The van der Waals surface area contributed by atoms with Crippen LogP contribution in [0.25, 0.3) is 0 Å². The molecule has 16 heavy (non-hydrogen) atoms. The monoisotopic (exact) mass is 241 g/mol. The summed E-state index contributed by atoms with van der Waals surface area (Å²) in [7, 11) is -3.34. The molecule has 1 rings (SSSR count). The van der Waals surface area contributed by atoms with Gasteiger partial charge >= 0.3 is 0 Å². The number of aryl methyl sites for hydroxylation is 1. The number of anilines is 1. The maximum Gasteiger partial charge on any atom is 0.242 e. The first kappa shape index (κ1) is 12.7. The van der Waals surface area contributed by atoms with Crippen molar-refractivity contribution in [3.05, 3.63) is 29.8 Å². The molecule has 0 heterocycles. The fourth-order valence-electron chi connectivity index (χ4n) is 1.16. The largest absolute Gasteiger partial charge is 0.325 e. The summed E-state index contributed by atoms with van der Waals surface area (Å²) >= 11 is 0. The van der Waals surface area contributed by atoms with E-state index in [1.165, 1.54) is 6.92 Å². The van der Waals surface area contributed by atoms with Gasteiger partial charge in [0.25, 0.3) is 0 Å². The molecule has 0 bridgehead atoms. The summed E-state index contributed by atoms with van der Waals surface area (Å²) in [6, 6.07) is 7.21. The first-order valence-electron chi connectivity index (χ1n) is 4.87. The molecular formula is C11H15NO3S. The molecule has 0 aromatic heterocycles. The molecule has 88 valence electrons. The van der Waals surface area contributed by atoms with Crippen LogP contribution >= 0.6 is 0 Å². The van der Waals surface area contributed by atoms with Crippen molar-refractivity contribution in [2.45, 2.75) is 19.1 Å². The molecule has 1 aromatic carbocycles. The van der Waals surface area contributed by atoms with Crippen LogP contribution in [-0.2, 0) is 14.6 Å². The number of nitrogens with one attached hydrogen (secondary N) is 1. The molecular weight excluding hydrogens is 226 g/mol. The summed E-state index contributed by atoms with van der Waals surface area (Å²) < 4.78 is 22.3. The molecule has 1 atom stereocenters. The first-order valence-corrected chi connectivity index (χ1v) is 6.82. The molecule has 5 heteroatoms. The third-order valence-corrected chi connectivity index (χ3v) is 3.80. The number of carbonyl (C=O) groups is 1. The lowest BCUT2D eigenvalue weighted by atomic mass is 10.2. The molecule has 0 saturated carbocycles. The zero-order valence-corrected chi connectivity index (χ0v) is 10.3. The van der Waals surface area contributed by atoms with Crippen LogP contribution in [0.5, 0.6) is 0 Å². The minimum Gasteiger partial charge on any atom is -0.325 e. The lowest BCUT2D eigenvalue weighted by Crippen LogP contribution is -2.31. The van der Waals surface area contributed by atoms with E-state index in [1.54, 1.807) is 18.2 Å². The van der Waals surface area contributed by atoms with Gasteiger partial charge in [0.2, 0.25) is 5.91 Å². The van der Waals surface area contributed by atoms with Crippen molar-refractivity contribution >= 4 is 21.4 Å². The topological polar surface area (TPSA) is 63.2 Å². The molecule has 0 aliphatic carbocycles. The Morgan fingerprint density at radius 3 is 2.50 bits per heavy atom. The van der Waals surface area contributed by atoms with Crippen LogP contribution in [0.3, 0.4) is 0 Å². The SMILES string of the molecule is Cc1cccc(NC(=O)C(C)S(C)(=O)=O)c1. The second-order valence-electron chi connectivity index (χ2n) is 3.83. The Morgan fingerprint density at radius 2 is 2.00 bits per heavy atom. The second kappa shape index (κ2) is 4.65. The Hall–Kier alpha value is -1.36. The fraction of sp³-hybridized carbons (Fsp3) is 0.364. The molecule has 0 aliphatic rings. The predicted molar refractivity (Wildman–Crippen MR) is 64.1 cm³/mol. The average molecular weight is 241 g/mol. The molecule has 0 radical (unpaired) electrons. The Bertz CT molecular complexity index is 494. The molecule has 1 amide bonds. The third-order valence-electron chi connectivity index (χ3n) is 2.30. The molecule has 1 aromatic rings. The number of rotatable bonds is 3. The number of hydrogen-bond acceptors (Lipinski definition) is 3. The highest BCUT2D eigenvalue weighted by atomic mass is 32.2. The summed E-state index contributed by atoms with van der Waals surface area (Å²) in [6.07, 6.45) is 1.05. The van der Waals surface area contributed by atoms with E-state index >= 15 is 0 Å². The zero-order chi connectivity index (χ0) is 12.3. The molecule has 0 fully saturated rings. The van der Waals surface area contributed by atoms with Crippen molar-refractivity contribution in [1.29, 1.82) is 0 Å². The van der Waals surface area contributed by atoms with Gasteiger partial charge in [-0.25, -0.2) is 8.42 Å². The van der Waals surface area contributed by atoms with Gasteiger partial charge in [0.05, 0.1) is 0 Å². The van der Waals surface area contributed by atoms with Crippen molar-refractivity contribution < 1.29 is 13.2 Å². The van der Waals surface area contributed by atoms with Crippen molar-refractivity contribution in [2.75, 3.05) is 11.6 Å². The van der Waals surface area contributed by atoms with Crippen LogP contribution in [-0.4, -0.2) is 25.8 Å². The number of amides is 1. The van der Waals surface area contributed by atoms with Gasteiger partial charge in [-0.15, -0.1) is 0 Å².